The van der Waals surface area contributed by atoms with Gasteiger partial charge in [0.05, 0.1) is 0 Å². The quantitative estimate of drug-likeness (QED) is 0.802. The van der Waals surface area contributed by atoms with E-state index in [4.69, 9.17) is 5.73 Å². The molecule has 1 nitrogen and oxygen atoms in total. The fourth-order valence-electron chi connectivity index (χ4n) is 3.61. The van der Waals surface area contributed by atoms with Gasteiger partial charge in [-0.3, -0.25) is 0 Å². The molecule has 0 unspecified atom stereocenters. The maximum absolute atomic E-state index is 6.65. The minimum atomic E-state index is 0.113. The molecule has 1 aromatic carbocycles. The van der Waals surface area contributed by atoms with Gasteiger partial charge in [0.1, 0.15) is 0 Å². The monoisotopic (exact) mass is 259 g/mol. The summed E-state index contributed by atoms with van der Waals surface area (Å²) < 4.78 is 0. The van der Waals surface area contributed by atoms with Crippen molar-refractivity contribution in [1.82, 2.24) is 0 Å². The fourth-order valence-corrected chi connectivity index (χ4v) is 3.61. The van der Waals surface area contributed by atoms with Crippen LogP contribution >= 0.6 is 0 Å². The predicted octanol–water partition coefficient (Wildman–Crippen LogP) is 4.87. The molecular formula is C18H29N. The Morgan fingerprint density at radius 2 is 1.68 bits per heavy atom. The van der Waals surface area contributed by atoms with Crippen molar-refractivity contribution in [3.8, 4) is 0 Å². The molecule has 0 bridgehead atoms. The molecule has 0 saturated heterocycles. The highest BCUT2D eigenvalue weighted by molar-refractivity contribution is 5.20. The number of rotatable bonds is 5. The van der Waals surface area contributed by atoms with Crippen molar-refractivity contribution in [2.24, 2.45) is 11.7 Å². The van der Waals surface area contributed by atoms with Crippen molar-refractivity contribution >= 4 is 0 Å². The molecule has 19 heavy (non-hydrogen) atoms. The second kappa shape index (κ2) is 6.56. The highest BCUT2D eigenvalue weighted by Crippen LogP contribution is 2.40. The summed E-state index contributed by atoms with van der Waals surface area (Å²) in [6.07, 6.45) is 8.70. The minimum Gasteiger partial charge on any atom is -0.325 e. The molecule has 1 aliphatic carbocycles. The standard InChI is InChI=1S/C18H29N/c1-3-15(4-2)14-18(19)12-10-17(11-13-18)16-8-6-5-7-9-16/h5-9,15,17H,3-4,10-14,19H2,1-2H3. The highest BCUT2D eigenvalue weighted by atomic mass is 14.7. The molecule has 0 aromatic heterocycles. The molecular weight excluding hydrogens is 230 g/mol. The van der Waals surface area contributed by atoms with E-state index in [0.29, 0.717) is 0 Å². The van der Waals surface area contributed by atoms with Crippen LogP contribution in [0.4, 0.5) is 0 Å². The molecule has 106 valence electrons. The lowest BCUT2D eigenvalue weighted by Gasteiger charge is -2.39. The Morgan fingerprint density at radius 3 is 2.21 bits per heavy atom. The maximum Gasteiger partial charge on any atom is 0.0157 e. The third kappa shape index (κ3) is 3.82. The Morgan fingerprint density at radius 1 is 1.11 bits per heavy atom. The van der Waals surface area contributed by atoms with Crippen LogP contribution in [0.1, 0.15) is 70.3 Å². The van der Waals surface area contributed by atoms with Gasteiger partial charge in [-0.25, -0.2) is 0 Å². The molecule has 1 aliphatic rings. The summed E-state index contributed by atoms with van der Waals surface area (Å²) in [5.74, 6) is 1.55. The molecule has 0 aliphatic heterocycles. The van der Waals surface area contributed by atoms with Crippen LogP contribution in [-0.2, 0) is 0 Å². The Hall–Kier alpha value is -0.820. The average Bonchev–Trinajstić information content (AvgIpc) is 2.46. The summed E-state index contributed by atoms with van der Waals surface area (Å²) >= 11 is 0. The lowest BCUT2D eigenvalue weighted by molar-refractivity contribution is 0.216. The van der Waals surface area contributed by atoms with Crippen LogP contribution in [0.5, 0.6) is 0 Å². The molecule has 0 atom stereocenters. The summed E-state index contributed by atoms with van der Waals surface area (Å²) in [6.45, 7) is 4.60. The van der Waals surface area contributed by atoms with Crippen molar-refractivity contribution in [2.75, 3.05) is 0 Å². The minimum absolute atomic E-state index is 0.113. The van der Waals surface area contributed by atoms with Crippen LogP contribution in [0.2, 0.25) is 0 Å². The van der Waals surface area contributed by atoms with Gasteiger partial charge >= 0.3 is 0 Å². The molecule has 0 spiro atoms. The van der Waals surface area contributed by atoms with E-state index in [0.717, 1.165) is 11.8 Å². The third-order valence-corrected chi connectivity index (χ3v) is 5.10. The van der Waals surface area contributed by atoms with Crippen LogP contribution in [0.15, 0.2) is 30.3 Å². The van der Waals surface area contributed by atoms with E-state index in [9.17, 15) is 0 Å². The number of hydrogen-bond acceptors (Lipinski definition) is 1. The van der Waals surface area contributed by atoms with E-state index in [1.165, 1.54) is 50.5 Å². The molecule has 1 fully saturated rings. The lowest BCUT2D eigenvalue weighted by atomic mass is 9.70. The largest absolute Gasteiger partial charge is 0.325 e. The van der Waals surface area contributed by atoms with Gasteiger partial charge in [0.15, 0.2) is 0 Å². The second-order valence-electron chi connectivity index (χ2n) is 6.43. The van der Waals surface area contributed by atoms with Crippen molar-refractivity contribution in [3.63, 3.8) is 0 Å². The molecule has 0 radical (unpaired) electrons. The van der Waals surface area contributed by atoms with E-state index in [1.807, 2.05) is 0 Å². The lowest BCUT2D eigenvalue weighted by Crippen LogP contribution is -2.44. The SMILES string of the molecule is CCC(CC)CC1(N)CCC(c2ccccc2)CC1. The Labute approximate surface area is 118 Å². The first-order valence-electron chi connectivity index (χ1n) is 8.00. The molecule has 2 rings (SSSR count). The summed E-state index contributed by atoms with van der Waals surface area (Å²) in [4.78, 5) is 0. The second-order valence-corrected chi connectivity index (χ2v) is 6.43. The highest BCUT2D eigenvalue weighted by Gasteiger charge is 2.33. The van der Waals surface area contributed by atoms with E-state index in [2.05, 4.69) is 44.2 Å². The predicted molar refractivity (Wildman–Crippen MR) is 83.3 cm³/mol. The smallest absolute Gasteiger partial charge is 0.0157 e. The van der Waals surface area contributed by atoms with E-state index >= 15 is 0 Å². The summed E-state index contributed by atoms with van der Waals surface area (Å²) in [7, 11) is 0. The average molecular weight is 259 g/mol. The van der Waals surface area contributed by atoms with Gasteiger partial charge in [0.25, 0.3) is 0 Å². The molecule has 2 N–H and O–H groups in total. The van der Waals surface area contributed by atoms with Crippen LogP contribution in [0.3, 0.4) is 0 Å². The van der Waals surface area contributed by atoms with Crippen LogP contribution in [0.25, 0.3) is 0 Å². The maximum atomic E-state index is 6.65. The molecule has 0 heterocycles. The molecule has 1 heteroatoms. The zero-order valence-corrected chi connectivity index (χ0v) is 12.6. The van der Waals surface area contributed by atoms with E-state index in [1.54, 1.807) is 0 Å². The number of benzene rings is 1. The van der Waals surface area contributed by atoms with Gasteiger partial charge < -0.3 is 5.73 Å². The first kappa shape index (κ1) is 14.6. The first-order chi connectivity index (χ1) is 9.17. The van der Waals surface area contributed by atoms with Crippen LogP contribution in [-0.4, -0.2) is 5.54 Å². The topological polar surface area (TPSA) is 26.0 Å². The number of hydrogen-bond donors (Lipinski definition) is 1. The van der Waals surface area contributed by atoms with Gasteiger partial charge in [-0.15, -0.1) is 0 Å². The van der Waals surface area contributed by atoms with Crippen molar-refractivity contribution in [3.05, 3.63) is 35.9 Å². The van der Waals surface area contributed by atoms with Crippen molar-refractivity contribution < 1.29 is 0 Å². The van der Waals surface area contributed by atoms with Gasteiger partial charge in [-0.2, -0.15) is 0 Å². The van der Waals surface area contributed by atoms with Crippen molar-refractivity contribution in [2.45, 2.75) is 70.3 Å². The van der Waals surface area contributed by atoms with Gasteiger partial charge in [-0.1, -0.05) is 57.0 Å². The number of nitrogens with two attached hydrogens (primary N) is 1. The summed E-state index contributed by atoms with van der Waals surface area (Å²) in [6, 6.07) is 11.0. The molecule has 1 aromatic rings. The molecule has 0 amide bonds. The summed E-state index contributed by atoms with van der Waals surface area (Å²) in [5, 5.41) is 0. The normalized spacial score (nSPS) is 27.7. The van der Waals surface area contributed by atoms with Gasteiger partial charge in [0, 0.05) is 5.54 Å². The first-order valence-corrected chi connectivity index (χ1v) is 8.00. The Kier molecular flexibility index (Phi) is 5.04. The van der Waals surface area contributed by atoms with Crippen molar-refractivity contribution in [1.29, 1.82) is 0 Å². The van der Waals surface area contributed by atoms with E-state index < -0.39 is 0 Å². The van der Waals surface area contributed by atoms with E-state index in [-0.39, 0.29) is 5.54 Å². The Bertz CT molecular complexity index is 359. The summed E-state index contributed by atoms with van der Waals surface area (Å²) in [5.41, 5.74) is 8.27. The van der Waals surface area contributed by atoms with Gasteiger partial charge in [0.2, 0.25) is 0 Å². The van der Waals surface area contributed by atoms with Crippen LogP contribution < -0.4 is 5.73 Å². The zero-order valence-electron chi connectivity index (χ0n) is 12.6. The zero-order chi connectivity index (χ0) is 13.7. The third-order valence-electron chi connectivity index (χ3n) is 5.10. The van der Waals surface area contributed by atoms with Gasteiger partial charge in [-0.05, 0) is 49.5 Å². The molecule has 1 saturated carbocycles. The Balaban J connectivity index is 1.91. The fraction of sp³-hybridized carbons (Fsp3) is 0.667. The van der Waals surface area contributed by atoms with Crippen LogP contribution in [0, 0.1) is 5.92 Å².